The molecule has 2 rings (SSSR count). The van der Waals surface area contributed by atoms with Gasteiger partial charge in [0.15, 0.2) is 0 Å². The first kappa shape index (κ1) is 14.8. The van der Waals surface area contributed by atoms with Gasteiger partial charge in [0.1, 0.15) is 0 Å². The molecule has 1 fully saturated rings. The molecule has 0 saturated carbocycles. The molecule has 0 aromatic carbocycles. The summed E-state index contributed by atoms with van der Waals surface area (Å²) in [5.74, 6) is -0.794. The van der Waals surface area contributed by atoms with Crippen LogP contribution in [0.1, 0.15) is 43.6 Å². The molecule has 1 saturated heterocycles. The summed E-state index contributed by atoms with van der Waals surface area (Å²) >= 11 is 0. The maximum atomic E-state index is 11.1. The summed E-state index contributed by atoms with van der Waals surface area (Å²) in [5.41, 5.74) is 4.11. The molecule has 1 aromatic rings. The molecule has 1 N–H and O–H groups in total. The van der Waals surface area contributed by atoms with E-state index in [0.717, 1.165) is 48.6 Å². The van der Waals surface area contributed by atoms with Gasteiger partial charge in [0, 0.05) is 35.7 Å². The minimum atomic E-state index is -0.794. The van der Waals surface area contributed by atoms with Crippen LogP contribution in [0.2, 0.25) is 0 Å². The fraction of sp³-hybridized carbons (Fsp3) is 0.625. The standard InChI is InChI=1S/C16H24N2O2/c1-11-9-14(13(10-15(19)20)12(2)17-11)18-7-5-16(3,4)6-8-18/h9H,5-8,10H2,1-4H3,(H,19,20). The molecule has 1 aromatic heterocycles. The van der Waals surface area contributed by atoms with E-state index in [2.05, 4.69) is 23.7 Å². The number of aromatic nitrogens is 1. The SMILES string of the molecule is Cc1cc(N2CCC(C)(C)CC2)c(CC(=O)O)c(C)n1. The topological polar surface area (TPSA) is 53.4 Å². The second-order valence-electron chi connectivity index (χ2n) is 6.57. The zero-order valence-corrected chi connectivity index (χ0v) is 12.9. The number of anilines is 1. The number of carbonyl (C=O) groups is 1. The number of carboxylic acids is 1. The monoisotopic (exact) mass is 276 g/mol. The summed E-state index contributed by atoms with van der Waals surface area (Å²) in [5, 5.41) is 9.12. The van der Waals surface area contributed by atoms with Crippen LogP contribution in [0.15, 0.2) is 6.07 Å². The highest BCUT2D eigenvalue weighted by Gasteiger charge is 2.27. The first-order valence-corrected chi connectivity index (χ1v) is 7.22. The number of carboxylic acid groups (broad SMARTS) is 1. The van der Waals surface area contributed by atoms with Gasteiger partial charge in [0.05, 0.1) is 6.42 Å². The third-order valence-electron chi connectivity index (χ3n) is 4.22. The van der Waals surface area contributed by atoms with Crippen molar-refractivity contribution in [3.8, 4) is 0 Å². The first-order valence-electron chi connectivity index (χ1n) is 7.22. The van der Waals surface area contributed by atoms with Crippen LogP contribution in [0.3, 0.4) is 0 Å². The van der Waals surface area contributed by atoms with Gasteiger partial charge >= 0.3 is 5.97 Å². The van der Waals surface area contributed by atoms with E-state index in [9.17, 15) is 4.79 Å². The summed E-state index contributed by atoms with van der Waals surface area (Å²) in [7, 11) is 0. The lowest BCUT2D eigenvalue weighted by molar-refractivity contribution is -0.136. The molecule has 2 heterocycles. The number of hydrogen-bond donors (Lipinski definition) is 1. The molecular formula is C16H24N2O2. The van der Waals surface area contributed by atoms with Gasteiger partial charge in [-0.3, -0.25) is 9.78 Å². The van der Waals surface area contributed by atoms with Crippen molar-refractivity contribution in [3.05, 3.63) is 23.0 Å². The molecule has 4 heteroatoms. The number of aliphatic carboxylic acids is 1. The van der Waals surface area contributed by atoms with E-state index in [0.29, 0.717) is 5.41 Å². The molecule has 0 spiro atoms. The average molecular weight is 276 g/mol. The minimum absolute atomic E-state index is 0.0499. The van der Waals surface area contributed by atoms with Crippen LogP contribution in [0, 0.1) is 19.3 Å². The third kappa shape index (κ3) is 3.30. The van der Waals surface area contributed by atoms with Gasteiger partial charge in [-0.15, -0.1) is 0 Å². The van der Waals surface area contributed by atoms with E-state index in [1.54, 1.807) is 0 Å². The van der Waals surface area contributed by atoms with Crippen LogP contribution in [0.4, 0.5) is 5.69 Å². The molecule has 4 nitrogen and oxygen atoms in total. The van der Waals surface area contributed by atoms with Gasteiger partial charge in [-0.05, 0) is 38.2 Å². The van der Waals surface area contributed by atoms with E-state index in [-0.39, 0.29) is 6.42 Å². The highest BCUT2D eigenvalue weighted by Crippen LogP contribution is 2.34. The lowest BCUT2D eigenvalue weighted by atomic mass is 9.82. The third-order valence-corrected chi connectivity index (χ3v) is 4.22. The largest absolute Gasteiger partial charge is 0.481 e. The van der Waals surface area contributed by atoms with E-state index >= 15 is 0 Å². The average Bonchev–Trinajstić information content (AvgIpc) is 2.32. The summed E-state index contributed by atoms with van der Waals surface area (Å²) < 4.78 is 0. The molecule has 0 atom stereocenters. The van der Waals surface area contributed by atoms with Gasteiger partial charge in [0.2, 0.25) is 0 Å². The Bertz CT molecular complexity index is 513. The normalized spacial score (nSPS) is 18.1. The zero-order valence-electron chi connectivity index (χ0n) is 12.9. The molecule has 1 aliphatic heterocycles. The zero-order chi connectivity index (χ0) is 14.9. The van der Waals surface area contributed by atoms with Gasteiger partial charge in [-0.1, -0.05) is 13.8 Å². The molecule has 0 aliphatic carbocycles. The molecule has 0 radical (unpaired) electrons. The molecule has 110 valence electrons. The maximum Gasteiger partial charge on any atom is 0.307 e. The Morgan fingerprint density at radius 2 is 1.95 bits per heavy atom. The van der Waals surface area contributed by atoms with Crippen LogP contribution in [0.25, 0.3) is 0 Å². The number of nitrogens with zero attached hydrogens (tertiary/aromatic N) is 2. The predicted molar refractivity (Wildman–Crippen MR) is 80.3 cm³/mol. The molecule has 1 aliphatic rings. The van der Waals surface area contributed by atoms with E-state index in [4.69, 9.17) is 5.11 Å². The lowest BCUT2D eigenvalue weighted by Gasteiger charge is -2.39. The van der Waals surface area contributed by atoms with Crippen molar-refractivity contribution in [1.82, 2.24) is 4.98 Å². The van der Waals surface area contributed by atoms with Gasteiger partial charge in [0.25, 0.3) is 0 Å². The smallest absolute Gasteiger partial charge is 0.307 e. The maximum absolute atomic E-state index is 11.1. The molecule has 0 bridgehead atoms. The highest BCUT2D eigenvalue weighted by molar-refractivity contribution is 5.74. The first-order chi connectivity index (χ1) is 9.28. The van der Waals surface area contributed by atoms with Gasteiger partial charge < -0.3 is 10.0 Å². The van der Waals surface area contributed by atoms with Crippen LogP contribution in [-0.4, -0.2) is 29.1 Å². The van der Waals surface area contributed by atoms with Gasteiger partial charge in [-0.25, -0.2) is 0 Å². The lowest BCUT2D eigenvalue weighted by Crippen LogP contribution is -2.38. The highest BCUT2D eigenvalue weighted by atomic mass is 16.4. The van der Waals surface area contributed by atoms with Crippen molar-refractivity contribution in [2.24, 2.45) is 5.41 Å². The van der Waals surface area contributed by atoms with Crippen molar-refractivity contribution < 1.29 is 9.90 Å². The molecular weight excluding hydrogens is 252 g/mol. The Balaban J connectivity index is 2.32. The van der Waals surface area contributed by atoms with Crippen molar-refractivity contribution in [2.75, 3.05) is 18.0 Å². The van der Waals surface area contributed by atoms with Crippen molar-refractivity contribution >= 4 is 11.7 Å². The Morgan fingerprint density at radius 1 is 1.35 bits per heavy atom. The molecule has 0 amide bonds. The van der Waals surface area contributed by atoms with Gasteiger partial charge in [-0.2, -0.15) is 0 Å². The summed E-state index contributed by atoms with van der Waals surface area (Å²) in [6.45, 7) is 10.4. The van der Waals surface area contributed by atoms with Crippen LogP contribution in [0.5, 0.6) is 0 Å². The van der Waals surface area contributed by atoms with Crippen LogP contribution < -0.4 is 4.90 Å². The fourth-order valence-corrected chi connectivity index (χ4v) is 2.84. The molecule has 20 heavy (non-hydrogen) atoms. The minimum Gasteiger partial charge on any atom is -0.481 e. The number of hydrogen-bond acceptors (Lipinski definition) is 3. The van der Waals surface area contributed by atoms with Crippen molar-refractivity contribution in [2.45, 2.75) is 47.0 Å². The second-order valence-corrected chi connectivity index (χ2v) is 6.57. The van der Waals surface area contributed by atoms with E-state index < -0.39 is 5.97 Å². The fourth-order valence-electron chi connectivity index (χ4n) is 2.84. The summed E-state index contributed by atoms with van der Waals surface area (Å²) in [6, 6.07) is 2.03. The second kappa shape index (κ2) is 5.43. The number of aryl methyl sites for hydroxylation is 2. The number of piperidine rings is 1. The Hall–Kier alpha value is -1.58. The Kier molecular flexibility index (Phi) is 4.02. The van der Waals surface area contributed by atoms with E-state index in [1.807, 2.05) is 19.9 Å². The summed E-state index contributed by atoms with van der Waals surface area (Å²) in [6.07, 6.45) is 2.33. The Morgan fingerprint density at radius 3 is 2.50 bits per heavy atom. The number of pyridine rings is 1. The van der Waals surface area contributed by atoms with Crippen LogP contribution in [-0.2, 0) is 11.2 Å². The van der Waals surface area contributed by atoms with E-state index in [1.165, 1.54) is 0 Å². The summed E-state index contributed by atoms with van der Waals surface area (Å²) in [4.78, 5) is 17.8. The predicted octanol–water partition coefficient (Wildman–Crippen LogP) is 2.95. The molecule has 0 unspecified atom stereocenters. The number of rotatable bonds is 3. The van der Waals surface area contributed by atoms with Crippen LogP contribution >= 0.6 is 0 Å². The van der Waals surface area contributed by atoms with Crippen molar-refractivity contribution in [1.29, 1.82) is 0 Å². The van der Waals surface area contributed by atoms with Crippen molar-refractivity contribution in [3.63, 3.8) is 0 Å². The Labute approximate surface area is 120 Å². The quantitative estimate of drug-likeness (QED) is 0.922.